The Morgan fingerprint density at radius 3 is 2.75 bits per heavy atom. The minimum atomic E-state index is 0.505. The molecule has 0 atom stereocenters. The summed E-state index contributed by atoms with van der Waals surface area (Å²) in [6, 6.07) is 5.78. The lowest BCUT2D eigenvalue weighted by Gasteiger charge is -2.04. The van der Waals surface area contributed by atoms with E-state index in [1.165, 1.54) is 0 Å². The maximum atomic E-state index is 5.86. The standard InChI is InChI=1S/C11H8BrClN2S/c1-7-5-14-10(13)4-9(7)16-11-3-2-8(12)6-15-11/h2-6H,1H3. The Kier molecular flexibility index (Phi) is 3.84. The number of aromatic nitrogens is 2. The van der Waals surface area contributed by atoms with Crippen LogP contribution in [0.3, 0.4) is 0 Å². The van der Waals surface area contributed by atoms with Crippen LogP contribution < -0.4 is 0 Å². The summed E-state index contributed by atoms with van der Waals surface area (Å²) < 4.78 is 0.973. The van der Waals surface area contributed by atoms with Crippen LogP contribution in [-0.4, -0.2) is 9.97 Å². The minimum Gasteiger partial charge on any atom is -0.248 e. The molecule has 2 heterocycles. The van der Waals surface area contributed by atoms with Gasteiger partial charge in [0.25, 0.3) is 0 Å². The maximum absolute atomic E-state index is 5.86. The van der Waals surface area contributed by atoms with Crippen molar-refractivity contribution in [3.05, 3.63) is 45.8 Å². The average Bonchev–Trinajstić information content (AvgIpc) is 2.27. The molecular weight excluding hydrogens is 308 g/mol. The SMILES string of the molecule is Cc1cnc(Cl)cc1Sc1ccc(Br)cn1. The highest BCUT2D eigenvalue weighted by Crippen LogP contribution is 2.30. The summed E-state index contributed by atoms with van der Waals surface area (Å²) in [4.78, 5) is 9.39. The Hall–Kier alpha value is -0.580. The fourth-order valence-corrected chi connectivity index (χ4v) is 2.43. The van der Waals surface area contributed by atoms with E-state index in [4.69, 9.17) is 11.6 Å². The van der Waals surface area contributed by atoms with E-state index in [-0.39, 0.29) is 0 Å². The molecule has 2 nitrogen and oxygen atoms in total. The molecule has 0 aliphatic rings. The van der Waals surface area contributed by atoms with Gasteiger partial charge in [-0.3, -0.25) is 0 Å². The normalized spacial score (nSPS) is 10.4. The highest BCUT2D eigenvalue weighted by molar-refractivity contribution is 9.10. The van der Waals surface area contributed by atoms with E-state index in [2.05, 4.69) is 25.9 Å². The van der Waals surface area contributed by atoms with Crippen molar-refractivity contribution in [1.82, 2.24) is 9.97 Å². The first-order valence-corrected chi connectivity index (χ1v) is 6.55. The van der Waals surface area contributed by atoms with E-state index in [1.807, 2.05) is 25.1 Å². The molecule has 0 fully saturated rings. The van der Waals surface area contributed by atoms with E-state index in [0.717, 1.165) is 20.0 Å². The van der Waals surface area contributed by atoms with Crippen molar-refractivity contribution in [1.29, 1.82) is 0 Å². The topological polar surface area (TPSA) is 25.8 Å². The lowest BCUT2D eigenvalue weighted by molar-refractivity contribution is 1.11. The quantitative estimate of drug-likeness (QED) is 0.770. The molecule has 0 saturated carbocycles. The Morgan fingerprint density at radius 1 is 1.25 bits per heavy atom. The van der Waals surface area contributed by atoms with Gasteiger partial charge >= 0.3 is 0 Å². The number of pyridine rings is 2. The van der Waals surface area contributed by atoms with Gasteiger partial charge in [0.05, 0.1) is 0 Å². The fourth-order valence-electron chi connectivity index (χ4n) is 1.13. The summed E-state index contributed by atoms with van der Waals surface area (Å²) in [5.41, 5.74) is 1.10. The van der Waals surface area contributed by atoms with Gasteiger partial charge in [-0.25, -0.2) is 9.97 Å². The number of hydrogen-bond donors (Lipinski definition) is 0. The molecule has 2 aromatic rings. The van der Waals surface area contributed by atoms with Crippen molar-refractivity contribution in [3.63, 3.8) is 0 Å². The van der Waals surface area contributed by atoms with Crippen molar-refractivity contribution in [2.75, 3.05) is 0 Å². The molecule has 0 radical (unpaired) electrons. The van der Waals surface area contributed by atoms with Crippen LogP contribution in [0.4, 0.5) is 0 Å². The average molecular weight is 316 g/mol. The zero-order valence-corrected chi connectivity index (χ0v) is 11.6. The highest BCUT2D eigenvalue weighted by atomic mass is 79.9. The van der Waals surface area contributed by atoms with Gasteiger partial charge < -0.3 is 0 Å². The molecule has 16 heavy (non-hydrogen) atoms. The Morgan fingerprint density at radius 2 is 2.06 bits per heavy atom. The first kappa shape index (κ1) is 11.9. The molecule has 0 bridgehead atoms. The molecule has 0 N–H and O–H groups in total. The van der Waals surface area contributed by atoms with Crippen LogP contribution in [0.2, 0.25) is 5.15 Å². The van der Waals surface area contributed by atoms with Crippen LogP contribution in [0.1, 0.15) is 5.56 Å². The van der Waals surface area contributed by atoms with Gasteiger partial charge in [0.1, 0.15) is 10.2 Å². The second-order valence-corrected chi connectivity index (χ2v) is 5.55. The van der Waals surface area contributed by atoms with E-state index in [1.54, 1.807) is 24.2 Å². The number of halogens is 2. The Labute approximate surface area is 112 Å². The van der Waals surface area contributed by atoms with Crippen LogP contribution in [0.15, 0.2) is 45.0 Å². The Bertz CT molecular complexity index is 502. The zero-order valence-electron chi connectivity index (χ0n) is 8.45. The number of aryl methyl sites for hydroxylation is 1. The monoisotopic (exact) mass is 314 g/mol. The summed E-state index contributed by atoms with van der Waals surface area (Å²) in [5, 5.41) is 1.44. The summed E-state index contributed by atoms with van der Waals surface area (Å²) in [6.07, 6.45) is 3.55. The lowest BCUT2D eigenvalue weighted by Crippen LogP contribution is -1.85. The molecule has 0 amide bonds. The molecule has 5 heteroatoms. The fraction of sp³-hybridized carbons (Fsp3) is 0.0909. The summed E-state index contributed by atoms with van der Waals surface area (Å²) in [5.74, 6) is 0. The number of rotatable bonds is 2. The third-order valence-corrected chi connectivity index (χ3v) is 3.72. The molecule has 0 unspecified atom stereocenters. The van der Waals surface area contributed by atoms with Crippen molar-refractivity contribution in [2.24, 2.45) is 0 Å². The van der Waals surface area contributed by atoms with E-state index < -0.39 is 0 Å². The van der Waals surface area contributed by atoms with Gasteiger partial charge in [0.2, 0.25) is 0 Å². The first-order valence-electron chi connectivity index (χ1n) is 4.57. The van der Waals surface area contributed by atoms with E-state index >= 15 is 0 Å². The second kappa shape index (κ2) is 5.17. The van der Waals surface area contributed by atoms with Gasteiger partial charge in [0, 0.05) is 21.8 Å². The third-order valence-electron chi connectivity index (χ3n) is 1.94. The van der Waals surface area contributed by atoms with Crippen LogP contribution in [0, 0.1) is 6.92 Å². The smallest absolute Gasteiger partial charge is 0.130 e. The molecule has 82 valence electrons. The highest BCUT2D eigenvalue weighted by Gasteiger charge is 2.04. The lowest BCUT2D eigenvalue weighted by atomic mass is 10.3. The number of nitrogens with zero attached hydrogens (tertiary/aromatic N) is 2. The molecular formula is C11H8BrClN2S. The van der Waals surface area contributed by atoms with Gasteiger partial charge in [-0.15, -0.1) is 0 Å². The van der Waals surface area contributed by atoms with Crippen LogP contribution in [-0.2, 0) is 0 Å². The van der Waals surface area contributed by atoms with Crippen LogP contribution in [0.5, 0.6) is 0 Å². The molecule has 0 aliphatic carbocycles. The minimum absolute atomic E-state index is 0.505. The Balaban J connectivity index is 2.26. The predicted molar refractivity (Wildman–Crippen MR) is 70.0 cm³/mol. The second-order valence-electron chi connectivity index (χ2n) is 3.19. The summed E-state index contributed by atoms with van der Waals surface area (Å²) in [7, 11) is 0. The molecule has 0 spiro atoms. The number of hydrogen-bond acceptors (Lipinski definition) is 3. The van der Waals surface area contributed by atoms with Gasteiger partial charge in [-0.2, -0.15) is 0 Å². The largest absolute Gasteiger partial charge is 0.248 e. The predicted octanol–water partition coefficient (Wildman–Crippen LogP) is 4.35. The summed E-state index contributed by atoms with van der Waals surface area (Å²) in [6.45, 7) is 2.00. The van der Waals surface area contributed by atoms with E-state index in [9.17, 15) is 0 Å². The van der Waals surface area contributed by atoms with Crippen molar-refractivity contribution >= 4 is 39.3 Å². The van der Waals surface area contributed by atoms with Gasteiger partial charge in [-0.1, -0.05) is 23.4 Å². The van der Waals surface area contributed by atoms with Gasteiger partial charge in [-0.05, 0) is 46.6 Å². The van der Waals surface area contributed by atoms with E-state index in [0.29, 0.717) is 5.15 Å². The third kappa shape index (κ3) is 2.97. The first-order chi connectivity index (χ1) is 7.65. The molecule has 2 aromatic heterocycles. The van der Waals surface area contributed by atoms with Crippen LogP contribution in [0.25, 0.3) is 0 Å². The zero-order chi connectivity index (χ0) is 11.5. The van der Waals surface area contributed by atoms with Crippen LogP contribution >= 0.6 is 39.3 Å². The van der Waals surface area contributed by atoms with Crippen molar-refractivity contribution in [3.8, 4) is 0 Å². The molecule has 0 saturated heterocycles. The van der Waals surface area contributed by atoms with Gasteiger partial charge in [0.15, 0.2) is 0 Å². The van der Waals surface area contributed by atoms with Crippen molar-refractivity contribution in [2.45, 2.75) is 16.8 Å². The molecule has 0 aliphatic heterocycles. The molecule has 0 aromatic carbocycles. The molecule has 2 rings (SSSR count). The maximum Gasteiger partial charge on any atom is 0.130 e. The summed E-state index contributed by atoms with van der Waals surface area (Å²) >= 11 is 10.8. The van der Waals surface area contributed by atoms with Crippen molar-refractivity contribution < 1.29 is 0 Å².